The number of fused-ring (bicyclic) bond motifs is 1. The number of carbonyl (C=O) groups is 1. The third-order valence-electron chi connectivity index (χ3n) is 3.79. The number of carbonyl (C=O) groups excluding carboxylic acids is 1. The molecule has 0 saturated carbocycles. The van der Waals surface area contributed by atoms with Crippen molar-refractivity contribution in [2.24, 2.45) is 0 Å². The number of aliphatic hydroxyl groups is 1. The van der Waals surface area contributed by atoms with Gasteiger partial charge in [0.15, 0.2) is 0 Å². The lowest BCUT2D eigenvalue weighted by molar-refractivity contribution is -0.110. The fourth-order valence-corrected chi connectivity index (χ4v) is 4.11. The van der Waals surface area contributed by atoms with Gasteiger partial charge >= 0.3 is 0 Å². The highest BCUT2D eigenvalue weighted by atomic mass is 35.5. The van der Waals surface area contributed by atoms with Gasteiger partial charge in [0.1, 0.15) is 18.1 Å². The first-order valence-electron chi connectivity index (χ1n) is 7.12. The molecule has 0 spiro atoms. The van der Waals surface area contributed by atoms with E-state index in [0.29, 0.717) is 5.02 Å². The summed E-state index contributed by atoms with van der Waals surface area (Å²) in [5.41, 5.74) is 1.72. The third kappa shape index (κ3) is 3.32. The van der Waals surface area contributed by atoms with E-state index in [9.17, 15) is 9.90 Å². The summed E-state index contributed by atoms with van der Waals surface area (Å²) < 4.78 is 5.17. The van der Waals surface area contributed by atoms with Crippen LogP contribution in [0, 0.1) is 0 Å². The molecule has 1 heterocycles. The number of hydrogen-bond donors (Lipinski definition) is 2. The Morgan fingerprint density at radius 1 is 1.26 bits per heavy atom. The molecule has 3 rings (SSSR count). The Labute approximate surface area is 143 Å². The SMILES string of the molecule is COc1ccc(C2Sc3cc(Cl)ccc3NC(C=O)C2O)cc1. The lowest BCUT2D eigenvalue weighted by atomic mass is 10.0. The molecule has 0 amide bonds. The summed E-state index contributed by atoms with van der Waals surface area (Å²) in [5, 5.41) is 14.1. The molecule has 1 aliphatic heterocycles. The quantitative estimate of drug-likeness (QED) is 0.830. The number of halogens is 1. The second-order valence-electron chi connectivity index (χ2n) is 5.25. The Balaban J connectivity index is 2.01. The zero-order chi connectivity index (χ0) is 16.4. The number of ether oxygens (including phenoxy) is 1. The maximum absolute atomic E-state index is 11.4. The van der Waals surface area contributed by atoms with Gasteiger partial charge in [-0.2, -0.15) is 0 Å². The molecule has 2 aromatic carbocycles. The molecule has 2 N–H and O–H groups in total. The van der Waals surface area contributed by atoms with Gasteiger partial charge < -0.3 is 20.0 Å². The Bertz CT molecular complexity index is 707. The summed E-state index contributed by atoms with van der Waals surface area (Å²) in [7, 11) is 1.61. The molecule has 0 aromatic heterocycles. The van der Waals surface area contributed by atoms with Crippen molar-refractivity contribution < 1.29 is 14.6 Å². The molecule has 0 bridgehead atoms. The van der Waals surface area contributed by atoms with Crippen molar-refractivity contribution in [2.75, 3.05) is 12.4 Å². The number of anilines is 1. The second-order valence-corrected chi connectivity index (χ2v) is 6.87. The van der Waals surface area contributed by atoms with Crippen LogP contribution in [0.25, 0.3) is 0 Å². The molecule has 3 atom stereocenters. The van der Waals surface area contributed by atoms with Crippen molar-refractivity contribution >= 4 is 35.3 Å². The third-order valence-corrected chi connectivity index (χ3v) is 5.42. The summed E-state index contributed by atoms with van der Waals surface area (Å²) in [4.78, 5) is 12.3. The van der Waals surface area contributed by atoms with Crippen LogP contribution < -0.4 is 10.1 Å². The van der Waals surface area contributed by atoms with Crippen molar-refractivity contribution in [3.8, 4) is 5.75 Å². The molecular formula is C17H16ClNO3S. The number of methoxy groups -OCH3 is 1. The van der Waals surface area contributed by atoms with Crippen LogP contribution in [-0.4, -0.2) is 30.6 Å². The van der Waals surface area contributed by atoms with Gasteiger partial charge in [-0.25, -0.2) is 0 Å². The summed E-state index contributed by atoms with van der Waals surface area (Å²) >= 11 is 7.57. The van der Waals surface area contributed by atoms with Gasteiger partial charge in [0.2, 0.25) is 0 Å². The van der Waals surface area contributed by atoms with E-state index in [2.05, 4.69) is 5.32 Å². The molecule has 1 aliphatic rings. The summed E-state index contributed by atoms with van der Waals surface area (Å²) in [6, 6.07) is 12.2. The predicted molar refractivity (Wildman–Crippen MR) is 92.5 cm³/mol. The number of thioether (sulfide) groups is 1. The highest BCUT2D eigenvalue weighted by Gasteiger charge is 2.33. The monoisotopic (exact) mass is 349 g/mol. The minimum Gasteiger partial charge on any atom is -0.497 e. The number of rotatable bonds is 3. The standard InChI is InChI=1S/C17H16ClNO3S/c1-22-12-5-2-10(3-6-12)17-16(21)14(9-20)19-13-7-4-11(18)8-15(13)23-17/h2-9,14,16-17,19,21H,1H3. The van der Waals surface area contributed by atoms with Crippen LogP contribution in [0.2, 0.25) is 5.02 Å². The van der Waals surface area contributed by atoms with Crippen LogP contribution in [0.1, 0.15) is 10.8 Å². The van der Waals surface area contributed by atoms with E-state index in [4.69, 9.17) is 16.3 Å². The van der Waals surface area contributed by atoms with Crippen molar-refractivity contribution in [2.45, 2.75) is 22.3 Å². The van der Waals surface area contributed by atoms with E-state index in [1.54, 1.807) is 13.2 Å². The van der Waals surface area contributed by atoms with E-state index in [1.807, 2.05) is 36.4 Å². The Morgan fingerprint density at radius 3 is 2.65 bits per heavy atom. The Morgan fingerprint density at radius 2 is 2.00 bits per heavy atom. The molecule has 23 heavy (non-hydrogen) atoms. The first kappa shape index (κ1) is 16.2. The lowest BCUT2D eigenvalue weighted by Gasteiger charge is -2.24. The molecule has 0 aliphatic carbocycles. The van der Waals surface area contributed by atoms with Crippen LogP contribution >= 0.6 is 23.4 Å². The van der Waals surface area contributed by atoms with E-state index in [-0.39, 0.29) is 5.25 Å². The van der Waals surface area contributed by atoms with E-state index in [1.165, 1.54) is 11.8 Å². The zero-order valence-electron chi connectivity index (χ0n) is 12.4. The number of benzene rings is 2. The molecule has 6 heteroatoms. The summed E-state index contributed by atoms with van der Waals surface area (Å²) in [5.74, 6) is 0.746. The molecule has 4 nitrogen and oxygen atoms in total. The maximum Gasteiger partial charge on any atom is 0.144 e. The topological polar surface area (TPSA) is 58.6 Å². The molecular weight excluding hydrogens is 334 g/mol. The molecule has 0 saturated heterocycles. The average Bonchev–Trinajstić information content (AvgIpc) is 2.71. The van der Waals surface area contributed by atoms with E-state index < -0.39 is 12.1 Å². The van der Waals surface area contributed by atoms with Crippen molar-refractivity contribution in [1.82, 2.24) is 0 Å². The lowest BCUT2D eigenvalue weighted by Crippen LogP contribution is -2.37. The van der Waals surface area contributed by atoms with Crippen LogP contribution in [0.15, 0.2) is 47.4 Å². The van der Waals surface area contributed by atoms with Crippen LogP contribution in [0.4, 0.5) is 5.69 Å². The van der Waals surface area contributed by atoms with Gasteiger partial charge in [-0.15, -0.1) is 11.8 Å². The number of nitrogens with one attached hydrogen (secondary N) is 1. The van der Waals surface area contributed by atoms with Crippen molar-refractivity contribution in [3.63, 3.8) is 0 Å². The fraction of sp³-hybridized carbons (Fsp3) is 0.235. The van der Waals surface area contributed by atoms with Gasteiger partial charge in [0, 0.05) is 15.6 Å². The first-order valence-corrected chi connectivity index (χ1v) is 8.38. The number of aliphatic hydroxyl groups excluding tert-OH is 1. The second kappa shape index (κ2) is 6.83. The minimum atomic E-state index is -0.864. The Hall–Kier alpha value is -1.69. The Kier molecular flexibility index (Phi) is 4.80. The number of aldehydes is 1. The first-order chi connectivity index (χ1) is 11.1. The smallest absolute Gasteiger partial charge is 0.144 e. The van der Waals surface area contributed by atoms with Gasteiger partial charge in [-0.05, 0) is 35.9 Å². The van der Waals surface area contributed by atoms with Crippen molar-refractivity contribution in [3.05, 3.63) is 53.1 Å². The maximum atomic E-state index is 11.4. The van der Waals surface area contributed by atoms with Gasteiger partial charge in [-0.1, -0.05) is 23.7 Å². The minimum absolute atomic E-state index is 0.289. The largest absolute Gasteiger partial charge is 0.497 e. The fourth-order valence-electron chi connectivity index (χ4n) is 2.55. The van der Waals surface area contributed by atoms with E-state index in [0.717, 1.165) is 28.2 Å². The van der Waals surface area contributed by atoms with Crippen LogP contribution in [0.5, 0.6) is 5.75 Å². The molecule has 0 radical (unpaired) electrons. The van der Waals surface area contributed by atoms with Gasteiger partial charge in [0.05, 0.1) is 18.5 Å². The van der Waals surface area contributed by atoms with Gasteiger partial charge in [-0.3, -0.25) is 0 Å². The summed E-state index contributed by atoms with van der Waals surface area (Å²) in [6.07, 6.45) is -0.122. The van der Waals surface area contributed by atoms with Crippen LogP contribution in [0.3, 0.4) is 0 Å². The molecule has 2 aromatic rings. The highest BCUT2D eigenvalue weighted by molar-refractivity contribution is 7.99. The van der Waals surface area contributed by atoms with Crippen molar-refractivity contribution in [1.29, 1.82) is 0 Å². The zero-order valence-corrected chi connectivity index (χ0v) is 14.0. The van der Waals surface area contributed by atoms with Crippen LogP contribution in [-0.2, 0) is 4.79 Å². The molecule has 3 unspecified atom stereocenters. The average molecular weight is 350 g/mol. The molecule has 120 valence electrons. The normalized spacial score (nSPS) is 23.3. The number of hydrogen-bond acceptors (Lipinski definition) is 5. The highest BCUT2D eigenvalue weighted by Crippen LogP contribution is 2.45. The van der Waals surface area contributed by atoms with Gasteiger partial charge in [0.25, 0.3) is 0 Å². The van der Waals surface area contributed by atoms with E-state index >= 15 is 0 Å². The molecule has 0 fully saturated rings. The predicted octanol–water partition coefficient (Wildman–Crippen LogP) is 3.54. The summed E-state index contributed by atoms with van der Waals surface area (Å²) in [6.45, 7) is 0.